The Hall–Kier alpha value is -0.800. The summed E-state index contributed by atoms with van der Waals surface area (Å²) in [5, 5.41) is 3.57. The summed E-state index contributed by atoms with van der Waals surface area (Å²) in [6.07, 6.45) is 1.06. The van der Waals surface area contributed by atoms with Crippen molar-refractivity contribution in [2.75, 3.05) is 5.32 Å². The third-order valence-corrected chi connectivity index (χ3v) is 4.12. The summed E-state index contributed by atoms with van der Waals surface area (Å²) in [6, 6.07) is 15.4. The van der Waals surface area contributed by atoms with Gasteiger partial charge >= 0.3 is 0 Å². The molecule has 1 heterocycles. The number of fused-ring (bicyclic) bond motifs is 1. The molecule has 0 spiro atoms. The molecular formula is C14H11Br2N. The molecule has 2 aromatic carbocycles. The lowest BCUT2D eigenvalue weighted by molar-refractivity contribution is 0.824. The quantitative estimate of drug-likeness (QED) is 0.767. The zero-order valence-electron chi connectivity index (χ0n) is 9.08. The first-order valence-electron chi connectivity index (χ1n) is 5.53. The Balaban J connectivity index is 1.88. The Bertz CT molecular complexity index is 549. The van der Waals surface area contributed by atoms with Crippen molar-refractivity contribution in [2.24, 2.45) is 0 Å². The summed E-state index contributed by atoms with van der Waals surface area (Å²) in [6.45, 7) is 0. The minimum Gasteiger partial charge on any atom is -0.378 e. The molecule has 0 aromatic heterocycles. The second-order valence-corrected chi connectivity index (χ2v) is 6.09. The molecule has 17 heavy (non-hydrogen) atoms. The number of nitrogens with one attached hydrogen (secondary N) is 1. The van der Waals surface area contributed by atoms with Gasteiger partial charge in [-0.1, -0.05) is 50.1 Å². The number of rotatable bonds is 1. The van der Waals surface area contributed by atoms with Gasteiger partial charge in [-0.2, -0.15) is 0 Å². The van der Waals surface area contributed by atoms with Crippen LogP contribution >= 0.6 is 31.9 Å². The van der Waals surface area contributed by atoms with Gasteiger partial charge in [0.1, 0.15) is 0 Å². The lowest BCUT2D eigenvalue weighted by Gasteiger charge is -2.11. The molecule has 1 unspecified atom stereocenters. The van der Waals surface area contributed by atoms with E-state index in [-0.39, 0.29) is 0 Å². The van der Waals surface area contributed by atoms with Crippen molar-refractivity contribution in [1.82, 2.24) is 0 Å². The average Bonchev–Trinajstić information content (AvgIpc) is 2.72. The largest absolute Gasteiger partial charge is 0.378 e. The van der Waals surface area contributed by atoms with Gasteiger partial charge < -0.3 is 5.32 Å². The summed E-state index contributed by atoms with van der Waals surface area (Å²) in [7, 11) is 0. The van der Waals surface area contributed by atoms with E-state index < -0.39 is 0 Å². The first-order chi connectivity index (χ1) is 8.22. The van der Waals surface area contributed by atoms with Gasteiger partial charge in [0.2, 0.25) is 0 Å². The van der Waals surface area contributed by atoms with Gasteiger partial charge in [0.25, 0.3) is 0 Å². The predicted octanol–water partition coefficient (Wildman–Crippen LogP) is 4.92. The van der Waals surface area contributed by atoms with Gasteiger partial charge in [-0.3, -0.25) is 0 Å². The molecule has 1 aliphatic heterocycles. The fourth-order valence-corrected chi connectivity index (χ4v) is 2.84. The number of halogens is 2. The van der Waals surface area contributed by atoms with E-state index in [0.717, 1.165) is 15.4 Å². The summed E-state index contributed by atoms with van der Waals surface area (Å²) in [5.74, 6) is 0. The second kappa shape index (κ2) is 4.46. The van der Waals surface area contributed by atoms with Crippen LogP contribution in [-0.2, 0) is 6.42 Å². The number of hydrogen-bond donors (Lipinski definition) is 1. The highest BCUT2D eigenvalue weighted by atomic mass is 79.9. The molecule has 0 amide bonds. The third-order valence-electron chi connectivity index (χ3n) is 3.10. The van der Waals surface area contributed by atoms with Crippen LogP contribution in [0.3, 0.4) is 0 Å². The van der Waals surface area contributed by atoms with Crippen LogP contribution in [0.15, 0.2) is 51.4 Å². The van der Waals surface area contributed by atoms with Gasteiger partial charge in [0.15, 0.2) is 0 Å². The van der Waals surface area contributed by atoms with E-state index >= 15 is 0 Å². The van der Waals surface area contributed by atoms with E-state index in [4.69, 9.17) is 0 Å². The van der Waals surface area contributed by atoms with Gasteiger partial charge in [-0.05, 0) is 41.8 Å². The molecule has 1 nitrogen and oxygen atoms in total. The fraction of sp³-hybridized carbons (Fsp3) is 0.143. The molecule has 3 rings (SSSR count). The van der Waals surface area contributed by atoms with E-state index in [9.17, 15) is 0 Å². The van der Waals surface area contributed by atoms with Crippen LogP contribution in [0.4, 0.5) is 5.69 Å². The number of anilines is 1. The number of hydrogen-bond acceptors (Lipinski definition) is 1. The highest BCUT2D eigenvalue weighted by Crippen LogP contribution is 2.35. The standard InChI is InChI=1S/C14H11Br2N/c15-11-4-1-9(2-5-11)13-7-10-3-6-12(16)8-14(10)17-13/h1-6,8,13,17H,7H2. The van der Waals surface area contributed by atoms with Crippen molar-refractivity contribution in [1.29, 1.82) is 0 Å². The monoisotopic (exact) mass is 351 g/mol. The van der Waals surface area contributed by atoms with Gasteiger partial charge in [0.05, 0.1) is 6.04 Å². The minimum atomic E-state index is 0.396. The third kappa shape index (κ3) is 2.26. The molecule has 0 aliphatic carbocycles. The van der Waals surface area contributed by atoms with Gasteiger partial charge in [-0.15, -0.1) is 0 Å². The van der Waals surface area contributed by atoms with Gasteiger partial charge in [-0.25, -0.2) is 0 Å². The van der Waals surface area contributed by atoms with E-state index in [1.807, 2.05) is 0 Å². The maximum absolute atomic E-state index is 3.57. The van der Waals surface area contributed by atoms with E-state index in [0.29, 0.717) is 6.04 Å². The van der Waals surface area contributed by atoms with Crippen LogP contribution in [0, 0.1) is 0 Å². The van der Waals surface area contributed by atoms with Crippen LogP contribution < -0.4 is 5.32 Å². The Morgan fingerprint density at radius 3 is 2.41 bits per heavy atom. The van der Waals surface area contributed by atoms with Crippen molar-refractivity contribution >= 4 is 37.5 Å². The lowest BCUT2D eigenvalue weighted by Crippen LogP contribution is -2.05. The van der Waals surface area contributed by atoms with Crippen molar-refractivity contribution in [3.8, 4) is 0 Å². The van der Waals surface area contributed by atoms with E-state index in [1.54, 1.807) is 0 Å². The van der Waals surface area contributed by atoms with Crippen LogP contribution in [0.2, 0.25) is 0 Å². The molecule has 86 valence electrons. The molecule has 3 heteroatoms. The summed E-state index contributed by atoms with van der Waals surface area (Å²) in [5.41, 5.74) is 3.97. The predicted molar refractivity (Wildman–Crippen MR) is 78.4 cm³/mol. The molecular weight excluding hydrogens is 342 g/mol. The van der Waals surface area contributed by atoms with Gasteiger partial charge in [0, 0.05) is 14.6 Å². The average molecular weight is 353 g/mol. The maximum atomic E-state index is 3.57. The van der Waals surface area contributed by atoms with Crippen LogP contribution in [0.1, 0.15) is 17.2 Å². The Morgan fingerprint density at radius 1 is 0.941 bits per heavy atom. The first kappa shape index (κ1) is 11.3. The zero-order chi connectivity index (χ0) is 11.8. The molecule has 1 N–H and O–H groups in total. The Labute approximate surface area is 117 Å². The molecule has 0 saturated heterocycles. The molecule has 1 aliphatic rings. The Kier molecular flexibility index (Phi) is 2.97. The normalized spacial score (nSPS) is 17.6. The SMILES string of the molecule is Brc1ccc(C2Cc3ccc(Br)cc3N2)cc1. The van der Waals surface area contributed by atoms with Crippen LogP contribution in [0.5, 0.6) is 0 Å². The maximum Gasteiger partial charge on any atom is 0.0555 e. The molecule has 0 bridgehead atoms. The molecule has 0 fully saturated rings. The van der Waals surface area contributed by atoms with E-state index in [1.165, 1.54) is 16.8 Å². The summed E-state index contributed by atoms with van der Waals surface area (Å²) >= 11 is 6.97. The molecule has 0 saturated carbocycles. The van der Waals surface area contributed by atoms with Crippen LogP contribution in [0.25, 0.3) is 0 Å². The zero-order valence-corrected chi connectivity index (χ0v) is 12.3. The minimum absolute atomic E-state index is 0.396. The number of benzene rings is 2. The van der Waals surface area contributed by atoms with Crippen molar-refractivity contribution in [3.63, 3.8) is 0 Å². The molecule has 2 aromatic rings. The second-order valence-electron chi connectivity index (χ2n) is 4.25. The summed E-state index contributed by atoms with van der Waals surface area (Å²) in [4.78, 5) is 0. The lowest BCUT2D eigenvalue weighted by atomic mass is 10.0. The smallest absolute Gasteiger partial charge is 0.0555 e. The molecule has 1 atom stereocenters. The van der Waals surface area contributed by atoms with Crippen molar-refractivity contribution in [3.05, 3.63) is 62.5 Å². The van der Waals surface area contributed by atoms with E-state index in [2.05, 4.69) is 79.6 Å². The highest BCUT2D eigenvalue weighted by molar-refractivity contribution is 9.10. The Morgan fingerprint density at radius 2 is 1.65 bits per heavy atom. The summed E-state index contributed by atoms with van der Waals surface area (Å²) < 4.78 is 2.25. The first-order valence-corrected chi connectivity index (χ1v) is 7.11. The van der Waals surface area contributed by atoms with Crippen molar-refractivity contribution < 1.29 is 0 Å². The molecule has 0 radical (unpaired) electrons. The topological polar surface area (TPSA) is 12.0 Å². The highest BCUT2D eigenvalue weighted by Gasteiger charge is 2.21. The van der Waals surface area contributed by atoms with Crippen molar-refractivity contribution in [2.45, 2.75) is 12.5 Å². The van der Waals surface area contributed by atoms with Crippen LogP contribution in [-0.4, -0.2) is 0 Å². The fourth-order valence-electron chi connectivity index (χ4n) is 2.22.